The summed E-state index contributed by atoms with van der Waals surface area (Å²) in [4.78, 5) is 89.8. The van der Waals surface area contributed by atoms with E-state index in [2.05, 4.69) is 0 Å². The van der Waals surface area contributed by atoms with E-state index in [9.17, 15) is 19.2 Å². The van der Waals surface area contributed by atoms with Gasteiger partial charge in [-0.1, -0.05) is 270 Å². The zero-order valence-corrected chi connectivity index (χ0v) is 51.1. The van der Waals surface area contributed by atoms with Gasteiger partial charge in [0.2, 0.25) is 30.6 Å². The van der Waals surface area contributed by atoms with Crippen molar-refractivity contribution in [3.8, 4) is 0 Å². The molecular formula is C73H80N4O12. The van der Waals surface area contributed by atoms with Gasteiger partial charge in [-0.15, -0.1) is 0 Å². The molecule has 0 radical (unpaired) electrons. The van der Waals surface area contributed by atoms with Gasteiger partial charge in [-0.3, -0.25) is 38.5 Å². The Morgan fingerprint density at radius 3 is 0.517 bits per heavy atom. The van der Waals surface area contributed by atoms with E-state index < -0.39 is 54.5 Å². The van der Waals surface area contributed by atoms with Crippen molar-refractivity contribution in [3.05, 3.63) is 287 Å². The Balaban J connectivity index is 1.51. The molecule has 4 unspecified atom stereocenters. The van der Waals surface area contributed by atoms with Crippen molar-refractivity contribution in [2.75, 3.05) is 0 Å². The molecule has 0 amide bonds. The third-order valence-corrected chi connectivity index (χ3v) is 14.3. The monoisotopic (exact) mass is 1200 g/mol. The number of rotatable bonds is 36. The van der Waals surface area contributed by atoms with Crippen LogP contribution in [0.4, 0.5) is 0 Å². The van der Waals surface area contributed by atoms with Crippen LogP contribution in [0, 0.1) is 5.41 Å². The van der Waals surface area contributed by atoms with Gasteiger partial charge in [-0.25, -0.2) is 0 Å². The lowest BCUT2D eigenvalue weighted by Crippen LogP contribution is -2.69. The number of carbonyl (C=O) groups excluding carboxylic acids is 4. The maximum atomic E-state index is 15.0. The standard InChI is InChI=1S/C73H80N4O12/c1-5-65(78)82-69(86-74(49-57-33-17-9-18-34-57)50-58-35-19-10-20-36-58)73(70(83-66(79)6-2)87-75(51-59-37-21-11-22-38-59)52-60-39-23-12-24-40-60,71(84-67(80)7-3)88-76(53-61-41-25-13-26-42-61)54-62-43-27-14-28-44-62)72(85-68(81)8-4)89-77(55-63-45-29-15-30-46-63)56-64-47-31-16-32-48-64/h9-48,69-72H,5-8,49-56H2,1-4H3. The van der Waals surface area contributed by atoms with Gasteiger partial charge >= 0.3 is 23.9 Å². The van der Waals surface area contributed by atoms with E-state index in [1.54, 1.807) is 47.9 Å². The molecular weight excluding hydrogens is 1120 g/mol. The molecule has 8 aromatic rings. The van der Waals surface area contributed by atoms with Crippen LogP contribution in [0.25, 0.3) is 0 Å². The molecule has 0 aliphatic heterocycles. The maximum Gasteiger partial charge on any atom is 0.307 e. The zero-order chi connectivity index (χ0) is 62.5. The highest BCUT2D eigenvalue weighted by Gasteiger charge is 2.70. The maximum absolute atomic E-state index is 15.0. The van der Waals surface area contributed by atoms with Crippen LogP contribution in [-0.2, 0) is 110 Å². The number of esters is 4. The lowest BCUT2D eigenvalue weighted by atomic mass is 9.83. The summed E-state index contributed by atoms with van der Waals surface area (Å²) < 4.78 is 27.4. The van der Waals surface area contributed by atoms with E-state index in [4.69, 9.17) is 38.3 Å². The molecule has 4 atom stereocenters. The predicted molar refractivity (Wildman–Crippen MR) is 336 cm³/mol. The van der Waals surface area contributed by atoms with Gasteiger partial charge in [0.15, 0.2) is 0 Å². The van der Waals surface area contributed by atoms with E-state index in [0.29, 0.717) is 0 Å². The number of carbonyl (C=O) groups is 4. The van der Waals surface area contributed by atoms with Crippen molar-refractivity contribution >= 4 is 23.9 Å². The number of nitrogens with zero attached hydrogens (tertiary/aromatic N) is 4. The molecule has 0 bridgehead atoms. The molecule has 464 valence electrons. The Bertz CT molecular complexity index is 2710. The Labute approximate surface area is 522 Å². The third-order valence-electron chi connectivity index (χ3n) is 14.3. The smallest absolute Gasteiger partial charge is 0.307 e. The zero-order valence-electron chi connectivity index (χ0n) is 51.1. The molecule has 16 heteroatoms. The van der Waals surface area contributed by atoms with E-state index >= 15 is 0 Å². The second-order valence-corrected chi connectivity index (χ2v) is 21.2. The largest absolute Gasteiger partial charge is 0.433 e. The molecule has 89 heavy (non-hydrogen) atoms. The minimum atomic E-state index is -2.85. The Kier molecular flexibility index (Phi) is 26.3. The van der Waals surface area contributed by atoms with E-state index in [-0.39, 0.29) is 78.0 Å². The van der Waals surface area contributed by atoms with Crippen LogP contribution >= 0.6 is 0 Å². The molecule has 0 spiro atoms. The van der Waals surface area contributed by atoms with Gasteiger partial charge in [0.05, 0.1) is 0 Å². The number of hydrogen-bond acceptors (Lipinski definition) is 16. The van der Waals surface area contributed by atoms with Crippen LogP contribution in [0.3, 0.4) is 0 Å². The predicted octanol–water partition coefficient (Wildman–Crippen LogP) is 13.6. The molecule has 8 aromatic carbocycles. The van der Waals surface area contributed by atoms with E-state index in [1.807, 2.05) is 243 Å². The normalized spacial score (nSPS) is 13.5. The van der Waals surface area contributed by atoms with Crippen LogP contribution in [0.15, 0.2) is 243 Å². The summed E-state index contributed by atoms with van der Waals surface area (Å²) in [5, 5.41) is 6.30. The Morgan fingerprint density at radius 1 is 0.258 bits per heavy atom. The van der Waals surface area contributed by atoms with Crippen molar-refractivity contribution in [3.63, 3.8) is 0 Å². The highest BCUT2D eigenvalue weighted by Crippen LogP contribution is 2.47. The number of benzene rings is 8. The number of ether oxygens (including phenoxy) is 4. The first-order valence-corrected chi connectivity index (χ1v) is 30.3. The van der Waals surface area contributed by atoms with Crippen LogP contribution in [-0.4, -0.2) is 69.3 Å². The second-order valence-electron chi connectivity index (χ2n) is 21.2. The average Bonchev–Trinajstić information content (AvgIpc) is 1.00. The SMILES string of the molecule is CCC(=O)OC(ON(Cc1ccccc1)Cc1ccccc1)C(C(OC(=O)CC)ON(Cc1ccccc1)Cc1ccccc1)(C(OC(=O)CC)ON(Cc1ccccc1)Cc1ccccc1)C(OC(=O)CC)ON(Cc1ccccc1)Cc1ccccc1. The molecule has 0 saturated heterocycles. The molecule has 8 rings (SSSR count). The average molecular weight is 1210 g/mol. The third kappa shape index (κ3) is 20.7. The summed E-state index contributed by atoms with van der Waals surface area (Å²) in [6.07, 6.45) is -9.81. The lowest BCUT2D eigenvalue weighted by Gasteiger charge is -2.51. The van der Waals surface area contributed by atoms with Gasteiger partial charge in [-0.05, 0) is 44.5 Å². The summed E-state index contributed by atoms with van der Waals surface area (Å²) in [5.41, 5.74) is 3.38. The molecule has 0 aliphatic carbocycles. The summed E-state index contributed by atoms with van der Waals surface area (Å²) in [5.74, 6) is -3.33. The second kappa shape index (κ2) is 35.3. The molecule has 0 fully saturated rings. The van der Waals surface area contributed by atoms with Crippen molar-refractivity contribution in [1.82, 2.24) is 20.3 Å². The lowest BCUT2D eigenvalue weighted by molar-refractivity contribution is -0.476. The molecule has 0 saturated carbocycles. The summed E-state index contributed by atoms with van der Waals surface area (Å²) in [7, 11) is 0. The fourth-order valence-electron chi connectivity index (χ4n) is 9.70. The van der Waals surface area contributed by atoms with Gasteiger partial charge in [0.25, 0.3) is 0 Å². The molecule has 0 aromatic heterocycles. The fraction of sp³-hybridized carbons (Fsp3) is 0.288. The first-order valence-electron chi connectivity index (χ1n) is 30.3. The molecule has 0 aliphatic rings. The van der Waals surface area contributed by atoms with Crippen LogP contribution < -0.4 is 0 Å². The minimum absolute atomic E-state index is 0.0449. The first kappa shape index (κ1) is 66.3. The summed E-state index contributed by atoms with van der Waals surface area (Å²) in [6, 6.07) is 76.1. The van der Waals surface area contributed by atoms with Gasteiger partial charge in [-0.2, -0.15) is 20.3 Å². The van der Waals surface area contributed by atoms with Crippen molar-refractivity contribution < 1.29 is 57.5 Å². The van der Waals surface area contributed by atoms with Crippen molar-refractivity contribution in [2.24, 2.45) is 5.41 Å². The summed E-state index contributed by atoms with van der Waals surface area (Å²) >= 11 is 0. The van der Waals surface area contributed by atoms with Gasteiger partial charge in [0, 0.05) is 78.0 Å². The van der Waals surface area contributed by atoms with E-state index in [0.717, 1.165) is 44.5 Å². The summed E-state index contributed by atoms with van der Waals surface area (Å²) in [6.45, 7) is 6.80. The Hall–Kier alpha value is -8.68. The highest BCUT2D eigenvalue weighted by atomic mass is 16.9. The van der Waals surface area contributed by atoms with Gasteiger partial charge in [0.1, 0.15) is 0 Å². The van der Waals surface area contributed by atoms with Crippen molar-refractivity contribution in [2.45, 2.75) is 131 Å². The fourth-order valence-corrected chi connectivity index (χ4v) is 9.70. The van der Waals surface area contributed by atoms with Crippen LogP contribution in [0.2, 0.25) is 0 Å². The quantitative estimate of drug-likeness (QED) is 0.0158. The highest BCUT2D eigenvalue weighted by molar-refractivity contribution is 5.71. The van der Waals surface area contributed by atoms with Crippen molar-refractivity contribution in [1.29, 1.82) is 0 Å². The molecule has 0 heterocycles. The number of hydroxylamine groups is 8. The van der Waals surface area contributed by atoms with Crippen LogP contribution in [0.1, 0.15) is 97.9 Å². The van der Waals surface area contributed by atoms with E-state index in [1.165, 1.54) is 0 Å². The van der Waals surface area contributed by atoms with Gasteiger partial charge < -0.3 is 18.9 Å². The number of hydrogen-bond donors (Lipinski definition) is 0. The first-order chi connectivity index (χ1) is 43.5. The van der Waals surface area contributed by atoms with Crippen LogP contribution in [0.5, 0.6) is 0 Å². The topological polar surface area (TPSA) is 155 Å². The minimum Gasteiger partial charge on any atom is -0.433 e. The molecule has 0 N–H and O–H groups in total. The molecule has 16 nitrogen and oxygen atoms in total. The Morgan fingerprint density at radius 2 is 0.393 bits per heavy atom.